The zero-order valence-corrected chi connectivity index (χ0v) is 16.2. The summed E-state index contributed by atoms with van der Waals surface area (Å²) in [5.41, 5.74) is 2.14. The molecule has 1 heterocycles. The van der Waals surface area contributed by atoms with Crippen LogP contribution in [0.15, 0.2) is 24.4 Å². The van der Waals surface area contributed by atoms with Crippen LogP contribution >= 0.6 is 11.6 Å². The Hall–Kier alpha value is -1.74. The molecule has 24 heavy (non-hydrogen) atoms. The van der Waals surface area contributed by atoms with Crippen LogP contribution in [0, 0.1) is 0 Å². The molecule has 1 aromatic heterocycles. The molecule has 0 amide bonds. The summed E-state index contributed by atoms with van der Waals surface area (Å²) in [6.07, 6.45) is 1.73. The van der Waals surface area contributed by atoms with E-state index in [4.69, 9.17) is 11.6 Å². The Balaban J connectivity index is 2.68. The van der Waals surface area contributed by atoms with Gasteiger partial charge in [-0.3, -0.25) is 4.79 Å². The van der Waals surface area contributed by atoms with Gasteiger partial charge in [0.2, 0.25) is 0 Å². The van der Waals surface area contributed by atoms with Crippen molar-refractivity contribution in [3.8, 4) is 5.75 Å². The number of carbonyl (C=O) groups excluding carboxylic acids is 1. The van der Waals surface area contributed by atoms with Crippen molar-refractivity contribution >= 4 is 17.4 Å². The Labute approximate surface area is 149 Å². The van der Waals surface area contributed by atoms with Crippen molar-refractivity contribution in [2.24, 2.45) is 7.05 Å². The van der Waals surface area contributed by atoms with Crippen LogP contribution < -0.4 is 0 Å². The fourth-order valence-corrected chi connectivity index (χ4v) is 2.90. The van der Waals surface area contributed by atoms with Crippen molar-refractivity contribution < 1.29 is 9.90 Å². The van der Waals surface area contributed by atoms with Crippen LogP contribution in [0.4, 0.5) is 0 Å². The summed E-state index contributed by atoms with van der Waals surface area (Å²) >= 11 is 6.06. The molecule has 130 valence electrons. The lowest BCUT2D eigenvalue weighted by molar-refractivity contribution is 0.103. The number of benzene rings is 1. The summed E-state index contributed by atoms with van der Waals surface area (Å²) in [6.45, 7) is 12.2. The molecule has 0 unspecified atom stereocenters. The van der Waals surface area contributed by atoms with Crippen molar-refractivity contribution in [3.63, 3.8) is 0 Å². The fourth-order valence-electron chi connectivity index (χ4n) is 2.74. The van der Waals surface area contributed by atoms with Crippen molar-refractivity contribution in [1.29, 1.82) is 0 Å². The van der Waals surface area contributed by atoms with Crippen LogP contribution in [0.1, 0.15) is 68.6 Å². The quantitative estimate of drug-likeness (QED) is 0.757. The number of phenolic OH excluding ortho intramolecular Hbond substituents is 1. The molecule has 2 rings (SSSR count). The minimum Gasteiger partial charge on any atom is -0.507 e. The zero-order chi connectivity index (χ0) is 18.4. The molecule has 4 heteroatoms. The first-order valence-corrected chi connectivity index (χ1v) is 8.44. The number of hydrogen-bond acceptors (Lipinski definition) is 2. The molecule has 0 saturated carbocycles. The molecule has 1 aromatic carbocycles. The summed E-state index contributed by atoms with van der Waals surface area (Å²) in [5, 5.41) is 11.3. The topological polar surface area (TPSA) is 42.2 Å². The maximum Gasteiger partial charge on any atom is 0.194 e. The molecule has 0 aliphatic rings. The molecule has 0 aliphatic carbocycles. The third-order valence-corrected chi connectivity index (χ3v) is 4.57. The first-order chi connectivity index (χ1) is 10.8. The SMILES string of the molecule is Cn1cc(C(=O)c2cc(C(C)(C)C)c(O)c(C(C)(C)C)c2)cc1Cl. The van der Waals surface area contributed by atoms with Gasteiger partial charge < -0.3 is 9.67 Å². The van der Waals surface area contributed by atoms with E-state index in [2.05, 4.69) is 0 Å². The molecule has 0 spiro atoms. The minimum atomic E-state index is -0.269. The highest BCUT2D eigenvalue weighted by atomic mass is 35.5. The lowest BCUT2D eigenvalue weighted by Crippen LogP contribution is -2.19. The van der Waals surface area contributed by atoms with Gasteiger partial charge in [0.15, 0.2) is 5.78 Å². The highest BCUT2D eigenvalue weighted by molar-refractivity contribution is 6.30. The Morgan fingerprint density at radius 3 is 1.75 bits per heavy atom. The Morgan fingerprint density at radius 2 is 1.42 bits per heavy atom. The monoisotopic (exact) mass is 347 g/mol. The van der Waals surface area contributed by atoms with Gasteiger partial charge in [-0.25, -0.2) is 0 Å². The molecular formula is C20H26ClNO2. The van der Waals surface area contributed by atoms with Crippen LogP contribution in [0.3, 0.4) is 0 Å². The standard InChI is InChI=1S/C20H26ClNO2/c1-19(2,3)14-8-12(9-15(18(14)24)20(4,5)6)17(23)13-10-16(21)22(7)11-13/h8-11,24H,1-7H3. The number of hydrogen-bond donors (Lipinski definition) is 1. The van der Waals surface area contributed by atoms with Crippen LogP contribution in [0.5, 0.6) is 5.75 Å². The number of carbonyl (C=O) groups is 1. The van der Waals surface area contributed by atoms with Crippen LogP contribution in [0.2, 0.25) is 5.15 Å². The maximum absolute atomic E-state index is 12.9. The zero-order valence-electron chi connectivity index (χ0n) is 15.5. The molecule has 0 saturated heterocycles. The normalized spacial score (nSPS) is 12.5. The number of nitrogens with zero attached hydrogens (tertiary/aromatic N) is 1. The van der Waals surface area contributed by atoms with E-state index < -0.39 is 0 Å². The third-order valence-electron chi connectivity index (χ3n) is 4.19. The van der Waals surface area contributed by atoms with Gasteiger partial charge in [0.25, 0.3) is 0 Å². The number of phenols is 1. The Bertz CT molecular complexity index is 734. The van der Waals surface area contributed by atoms with E-state index >= 15 is 0 Å². The van der Waals surface area contributed by atoms with E-state index in [0.717, 1.165) is 11.1 Å². The number of aryl methyl sites for hydroxylation is 1. The van der Waals surface area contributed by atoms with Crippen molar-refractivity contribution in [3.05, 3.63) is 51.8 Å². The van der Waals surface area contributed by atoms with E-state index in [1.165, 1.54) is 0 Å². The number of halogens is 1. The van der Waals surface area contributed by atoms with Gasteiger partial charge in [-0.05, 0) is 29.0 Å². The van der Waals surface area contributed by atoms with Gasteiger partial charge in [-0.2, -0.15) is 0 Å². The van der Waals surface area contributed by atoms with E-state index in [0.29, 0.717) is 16.3 Å². The molecule has 0 atom stereocenters. The highest BCUT2D eigenvalue weighted by Gasteiger charge is 2.28. The average molecular weight is 348 g/mol. The fraction of sp³-hybridized carbons (Fsp3) is 0.450. The molecule has 0 bridgehead atoms. The first-order valence-electron chi connectivity index (χ1n) is 8.07. The molecule has 2 aromatic rings. The minimum absolute atomic E-state index is 0.0894. The summed E-state index contributed by atoms with van der Waals surface area (Å²) in [5.74, 6) is 0.186. The van der Waals surface area contributed by atoms with Crippen LogP contribution in [-0.4, -0.2) is 15.5 Å². The molecule has 0 fully saturated rings. The summed E-state index contributed by atoms with van der Waals surface area (Å²) in [7, 11) is 1.80. The predicted molar refractivity (Wildman–Crippen MR) is 99.4 cm³/mol. The highest BCUT2D eigenvalue weighted by Crippen LogP contribution is 2.40. The predicted octanol–water partition coefficient (Wildman–Crippen LogP) is 5.21. The molecular weight excluding hydrogens is 322 g/mol. The molecule has 0 aliphatic heterocycles. The third kappa shape index (κ3) is 3.51. The van der Waals surface area contributed by atoms with Crippen molar-refractivity contribution in [2.45, 2.75) is 52.4 Å². The van der Waals surface area contributed by atoms with Gasteiger partial charge in [0, 0.05) is 35.5 Å². The summed E-state index contributed by atoms with van der Waals surface area (Å²) in [4.78, 5) is 12.9. The van der Waals surface area contributed by atoms with Crippen LogP contribution in [-0.2, 0) is 17.9 Å². The van der Waals surface area contributed by atoms with E-state index in [9.17, 15) is 9.90 Å². The smallest absolute Gasteiger partial charge is 0.194 e. The van der Waals surface area contributed by atoms with Crippen molar-refractivity contribution in [1.82, 2.24) is 4.57 Å². The first kappa shape index (κ1) is 18.6. The lowest BCUT2D eigenvalue weighted by Gasteiger charge is -2.28. The van der Waals surface area contributed by atoms with Gasteiger partial charge in [0.05, 0.1) is 0 Å². The molecule has 0 radical (unpaired) electrons. The van der Waals surface area contributed by atoms with Gasteiger partial charge in [-0.15, -0.1) is 0 Å². The Morgan fingerprint density at radius 1 is 0.958 bits per heavy atom. The van der Waals surface area contributed by atoms with Gasteiger partial charge in [0.1, 0.15) is 10.9 Å². The number of ketones is 1. The maximum atomic E-state index is 12.9. The molecule has 1 N–H and O–H groups in total. The second-order valence-electron chi connectivity index (χ2n) is 8.41. The molecule has 3 nitrogen and oxygen atoms in total. The second-order valence-corrected chi connectivity index (χ2v) is 8.80. The Kier molecular flexibility index (Phi) is 4.62. The largest absolute Gasteiger partial charge is 0.507 e. The van der Waals surface area contributed by atoms with Crippen LogP contribution in [0.25, 0.3) is 0 Å². The summed E-state index contributed by atoms with van der Waals surface area (Å²) < 4.78 is 1.71. The lowest BCUT2D eigenvalue weighted by atomic mass is 9.78. The number of aromatic nitrogens is 1. The summed E-state index contributed by atoms with van der Waals surface area (Å²) in [6, 6.07) is 5.27. The van der Waals surface area contributed by atoms with E-state index in [1.54, 1.807) is 36.0 Å². The van der Waals surface area contributed by atoms with Gasteiger partial charge in [-0.1, -0.05) is 53.1 Å². The van der Waals surface area contributed by atoms with E-state index in [-0.39, 0.29) is 22.4 Å². The van der Waals surface area contributed by atoms with Gasteiger partial charge >= 0.3 is 0 Å². The van der Waals surface area contributed by atoms with E-state index in [1.807, 2.05) is 41.5 Å². The second kappa shape index (κ2) is 5.96. The van der Waals surface area contributed by atoms with Crippen molar-refractivity contribution in [2.75, 3.05) is 0 Å². The number of aromatic hydroxyl groups is 1. The number of rotatable bonds is 2. The average Bonchev–Trinajstić information content (AvgIpc) is 2.75.